The van der Waals surface area contributed by atoms with Crippen LogP contribution in [-0.4, -0.2) is 42.0 Å². The molecule has 1 aliphatic rings. The van der Waals surface area contributed by atoms with Crippen molar-refractivity contribution >= 4 is 11.8 Å². The zero-order valence-electron chi connectivity index (χ0n) is 12.2. The average molecular weight is 332 g/mol. The number of nitrogens with zero attached hydrogens (tertiary/aromatic N) is 1. The summed E-state index contributed by atoms with van der Waals surface area (Å²) in [7, 11) is 0. The van der Waals surface area contributed by atoms with Gasteiger partial charge in [0.15, 0.2) is 0 Å². The number of benzene rings is 1. The van der Waals surface area contributed by atoms with E-state index in [9.17, 15) is 27.2 Å². The van der Waals surface area contributed by atoms with Crippen molar-refractivity contribution in [2.24, 2.45) is 0 Å². The Morgan fingerprint density at radius 1 is 1.13 bits per heavy atom. The Morgan fingerprint density at radius 2 is 1.70 bits per heavy atom. The normalized spacial score (nSPS) is 16.3. The first-order chi connectivity index (χ1) is 10.8. The Kier molecular flexibility index (Phi) is 5.23. The average Bonchev–Trinajstić information content (AvgIpc) is 2.49. The zero-order chi connectivity index (χ0) is 17.0. The summed E-state index contributed by atoms with van der Waals surface area (Å²) >= 11 is 0. The van der Waals surface area contributed by atoms with Crippen LogP contribution in [0.15, 0.2) is 24.3 Å². The van der Waals surface area contributed by atoms with E-state index in [4.69, 9.17) is 0 Å². The van der Waals surface area contributed by atoms with Crippen molar-refractivity contribution in [1.82, 2.24) is 10.2 Å². The SMILES string of the molecule is O=C(Cc1ccc(F)cc1)NC1CCN(C(=O)C(F)(F)F)CC1. The molecule has 2 amide bonds. The molecule has 1 fully saturated rings. The predicted octanol–water partition coefficient (Wildman–Crippen LogP) is 2.04. The van der Waals surface area contributed by atoms with Gasteiger partial charge in [0, 0.05) is 19.1 Å². The smallest absolute Gasteiger partial charge is 0.353 e. The zero-order valence-corrected chi connectivity index (χ0v) is 12.2. The van der Waals surface area contributed by atoms with Crippen LogP contribution < -0.4 is 5.32 Å². The first-order valence-electron chi connectivity index (χ1n) is 7.15. The molecular weight excluding hydrogens is 316 g/mol. The maximum Gasteiger partial charge on any atom is 0.471 e. The summed E-state index contributed by atoms with van der Waals surface area (Å²) in [6, 6.07) is 5.24. The van der Waals surface area contributed by atoms with Gasteiger partial charge < -0.3 is 10.2 Å². The molecule has 1 aliphatic heterocycles. The predicted molar refractivity (Wildman–Crippen MR) is 73.9 cm³/mol. The van der Waals surface area contributed by atoms with E-state index in [1.807, 2.05) is 0 Å². The number of carbonyl (C=O) groups excluding carboxylic acids is 2. The summed E-state index contributed by atoms with van der Waals surface area (Å²) < 4.78 is 49.7. The van der Waals surface area contributed by atoms with Crippen molar-refractivity contribution in [3.05, 3.63) is 35.6 Å². The number of likely N-dealkylation sites (tertiary alicyclic amines) is 1. The van der Waals surface area contributed by atoms with E-state index in [2.05, 4.69) is 5.32 Å². The van der Waals surface area contributed by atoms with Gasteiger partial charge in [-0.15, -0.1) is 0 Å². The maximum atomic E-state index is 12.8. The molecule has 0 radical (unpaired) electrons. The van der Waals surface area contributed by atoms with Gasteiger partial charge in [0.1, 0.15) is 5.82 Å². The minimum atomic E-state index is -4.86. The fourth-order valence-corrected chi connectivity index (χ4v) is 2.47. The van der Waals surface area contributed by atoms with Gasteiger partial charge in [-0.1, -0.05) is 12.1 Å². The van der Waals surface area contributed by atoms with Gasteiger partial charge in [0.05, 0.1) is 6.42 Å². The van der Waals surface area contributed by atoms with Crippen LogP contribution in [0.4, 0.5) is 17.6 Å². The molecule has 1 N–H and O–H groups in total. The summed E-state index contributed by atoms with van der Waals surface area (Å²) in [5, 5.41) is 2.73. The van der Waals surface area contributed by atoms with E-state index in [1.165, 1.54) is 24.3 Å². The molecule has 4 nitrogen and oxygen atoms in total. The minimum absolute atomic E-state index is 0.0418. The summed E-state index contributed by atoms with van der Waals surface area (Å²) in [6.45, 7) is -0.0837. The Labute approximate surface area is 130 Å². The summed E-state index contributed by atoms with van der Waals surface area (Å²) in [4.78, 5) is 23.7. The van der Waals surface area contributed by atoms with Crippen LogP contribution in [-0.2, 0) is 16.0 Å². The molecule has 1 saturated heterocycles. The molecule has 1 aromatic rings. The van der Waals surface area contributed by atoms with Gasteiger partial charge in [0.2, 0.25) is 5.91 Å². The van der Waals surface area contributed by atoms with E-state index in [0.29, 0.717) is 5.56 Å². The fourth-order valence-electron chi connectivity index (χ4n) is 2.47. The standard InChI is InChI=1S/C15H16F4N2O2/c16-11-3-1-10(2-4-11)9-13(22)20-12-5-7-21(8-6-12)14(23)15(17,18)19/h1-4,12H,5-9H2,(H,20,22). The highest BCUT2D eigenvalue weighted by atomic mass is 19.4. The number of piperidine rings is 1. The number of carbonyl (C=O) groups is 2. The van der Waals surface area contributed by atoms with Gasteiger partial charge in [-0.05, 0) is 30.5 Å². The number of hydrogen-bond acceptors (Lipinski definition) is 2. The Morgan fingerprint density at radius 3 is 2.22 bits per heavy atom. The van der Waals surface area contributed by atoms with Gasteiger partial charge in [-0.2, -0.15) is 13.2 Å². The topological polar surface area (TPSA) is 49.4 Å². The highest BCUT2D eigenvalue weighted by molar-refractivity contribution is 5.82. The molecule has 8 heteroatoms. The number of rotatable bonds is 3. The maximum absolute atomic E-state index is 12.8. The molecule has 0 saturated carbocycles. The highest BCUT2D eigenvalue weighted by Crippen LogP contribution is 2.21. The van der Waals surface area contributed by atoms with E-state index in [1.54, 1.807) is 0 Å². The minimum Gasteiger partial charge on any atom is -0.353 e. The molecule has 0 unspecified atom stereocenters. The molecule has 0 atom stereocenters. The highest BCUT2D eigenvalue weighted by Gasteiger charge is 2.43. The van der Waals surface area contributed by atoms with E-state index in [0.717, 1.165) is 4.90 Å². The van der Waals surface area contributed by atoms with Crippen molar-refractivity contribution in [1.29, 1.82) is 0 Å². The molecule has 0 bridgehead atoms. The van der Waals surface area contributed by atoms with Crippen molar-refractivity contribution in [2.45, 2.75) is 31.5 Å². The molecule has 126 valence electrons. The van der Waals surface area contributed by atoms with Crippen LogP contribution in [0.5, 0.6) is 0 Å². The van der Waals surface area contributed by atoms with E-state index >= 15 is 0 Å². The Hall–Kier alpha value is -2.12. The fraction of sp³-hybridized carbons (Fsp3) is 0.467. The number of nitrogens with one attached hydrogen (secondary N) is 1. The second-order valence-electron chi connectivity index (χ2n) is 5.43. The summed E-state index contributed by atoms with van der Waals surface area (Å²) in [5.74, 6) is -2.51. The molecule has 1 aromatic carbocycles. The van der Waals surface area contributed by atoms with Crippen molar-refractivity contribution in [3.63, 3.8) is 0 Å². The lowest BCUT2D eigenvalue weighted by Gasteiger charge is -2.32. The second-order valence-corrected chi connectivity index (χ2v) is 5.43. The van der Waals surface area contributed by atoms with Crippen molar-refractivity contribution in [2.75, 3.05) is 13.1 Å². The number of alkyl halides is 3. The molecule has 0 spiro atoms. The molecule has 23 heavy (non-hydrogen) atoms. The number of hydrogen-bond donors (Lipinski definition) is 1. The van der Waals surface area contributed by atoms with Crippen LogP contribution >= 0.6 is 0 Å². The lowest BCUT2D eigenvalue weighted by Crippen LogP contribution is -2.50. The van der Waals surface area contributed by atoms with E-state index in [-0.39, 0.29) is 44.3 Å². The third-order valence-electron chi connectivity index (χ3n) is 3.67. The molecule has 0 aliphatic carbocycles. The van der Waals surface area contributed by atoms with Crippen LogP contribution in [0.1, 0.15) is 18.4 Å². The van der Waals surface area contributed by atoms with Crippen molar-refractivity contribution in [3.8, 4) is 0 Å². The van der Waals surface area contributed by atoms with E-state index < -0.39 is 17.9 Å². The summed E-state index contributed by atoms with van der Waals surface area (Å²) in [6.07, 6.45) is -4.24. The number of halogens is 4. The molecule has 0 aromatic heterocycles. The van der Waals surface area contributed by atoms with Crippen LogP contribution in [0.3, 0.4) is 0 Å². The molecule has 2 rings (SSSR count). The number of amides is 2. The first-order valence-corrected chi connectivity index (χ1v) is 7.15. The van der Waals surface area contributed by atoms with Gasteiger partial charge in [-0.3, -0.25) is 9.59 Å². The third kappa shape index (κ3) is 4.94. The molecule has 1 heterocycles. The van der Waals surface area contributed by atoms with Gasteiger partial charge in [0.25, 0.3) is 0 Å². The first kappa shape index (κ1) is 17.2. The van der Waals surface area contributed by atoms with Crippen LogP contribution in [0.2, 0.25) is 0 Å². The lowest BCUT2D eigenvalue weighted by atomic mass is 10.0. The van der Waals surface area contributed by atoms with Gasteiger partial charge in [-0.25, -0.2) is 4.39 Å². The second kappa shape index (κ2) is 6.97. The molecular formula is C15H16F4N2O2. The monoisotopic (exact) mass is 332 g/mol. The third-order valence-corrected chi connectivity index (χ3v) is 3.67. The van der Waals surface area contributed by atoms with Crippen LogP contribution in [0.25, 0.3) is 0 Å². The quantitative estimate of drug-likeness (QED) is 0.861. The summed E-state index contributed by atoms with van der Waals surface area (Å²) in [5.41, 5.74) is 0.647. The van der Waals surface area contributed by atoms with Gasteiger partial charge >= 0.3 is 12.1 Å². The Bertz CT molecular complexity index is 564. The van der Waals surface area contributed by atoms with Crippen LogP contribution in [0, 0.1) is 5.82 Å². The Balaban J connectivity index is 1.79. The lowest BCUT2D eigenvalue weighted by molar-refractivity contribution is -0.186. The van der Waals surface area contributed by atoms with Crippen molar-refractivity contribution < 1.29 is 27.2 Å². The largest absolute Gasteiger partial charge is 0.471 e.